The van der Waals surface area contributed by atoms with Crippen molar-refractivity contribution >= 4 is 12.1 Å². The van der Waals surface area contributed by atoms with Gasteiger partial charge in [-0.25, -0.2) is 0 Å². The molecule has 1 saturated heterocycles. The normalized spacial score (nSPS) is 18.4. The number of hydrogen-bond donors (Lipinski definition) is 2. The molecule has 144 valence electrons. The van der Waals surface area contributed by atoms with Crippen molar-refractivity contribution in [1.82, 2.24) is 10.2 Å². The molecule has 0 radical (unpaired) electrons. The van der Waals surface area contributed by atoms with Crippen molar-refractivity contribution in [3.63, 3.8) is 0 Å². The lowest BCUT2D eigenvalue weighted by molar-refractivity contribution is -0.117. The second-order valence-corrected chi connectivity index (χ2v) is 7.50. The largest absolute Gasteiger partial charge is 0.394 e. The van der Waals surface area contributed by atoms with Gasteiger partial charge in [0.2, 0.25) is 0 Å². The number of hydrogen-bond acceptors (Lipinski definition) is 4. The van der Waals surface area contributed by atoms with Gasteiger partial charge in [-0.15, -0.1) is 0 Å². The number of nitrogens with two attached hydrogens (primary N) is 1. The molecule has 0 aromatic heterocycles. The van der Waals surface area contributed by atoms with E-state index in [1.807, 2.05) is 12.1 Å². The first-order valence-corrected chi connectivity index (χ1v) is 9.84. The van der Waals surface area contributed by atoms with Crippen molar-refractivity contribution in [1.29, 1.82) is 0 Å². The number of benzene rings is 2. The number of carbonyl (C=O) groups excluding carboxylic acids is 1. The number of nitrogens with one attached hydrogen (secondary N) is 1. The zero-order chi connectivity index (χ0) is 19.3. The summed E-state index contributed by atoms with van der Waals surface area (Å²) >= 11 is 0. The fourth-order valence-corrected chi connectivity index (χ4v) is 3.49. The zero-order valence-electron chi connectivity index (χ0n) is 15.9. The maximum absolute atomic E-state index is 11.8. The second kappa shape index (κ2) is 8.40. The summed E-state index contributed by atoms with van der Waals surface area (Å²) in [6.45, 7) is 1.76. The summed E-state index contributed by atoms with van der Waals surface area (Å²) in [5.41, 5.74) is 8.61. The van der Waals surface area contributed by atoms with Gasteiger partial charge in [0.1, 0.15) is 0 Å². The molecule has 4 rings (SSSR count). The molecule has 2 fully saturated rings. The number of nitrogens with zero attached hydrogens (tertiary/aromatic N) is 2. The van der Waals surface area contributed by atoms with Gasteiger partial charge in [-0.05, 0) is 30.0 Å². The van der Waals surface area contributed by atoms with Crippen LogP contribution in [0.15, 0.2) is 77.4 Å². The van der Waals surface area contributed by atoms with E-state index < -0.39 is 0 Å². The minimum absolute atomic E-state index is 0.197. The molecule has 2 aromatic rings. The van der Waals surface area contributed by atoms with Crippen LogP contribution >= 0.6 is 0 Å². The lowest BCUT2D eigenvalue weighted by Gasteiger charge is -2.43. The molecule has 2 aromatic carbocycles. The van der Waals surface area contributed by atoms with Gasteiger partial charge < -0.3 is 11.1 Å². The van der Waals surface area contributed by atoms with Crippen LogP contribution in [0.25, 0.3) is 0 Å². The smallest absolute Gasteiger partial charge is 0.267 e. The minimum Gasteiger partial charge on any atom is -0.394 e. The molecule has 1 aliphatic carbocycles. The molecule has 3 N–H and O–H groups in total. The average Bonchev–Trinajstić information content (AvgIpc) is 3.51. The summed E-state index contributed by atoms with van der Waals surface area (Å²) in [7, 11) is 0. The highest BCUT2D eigenvalue weighted by molar-refractivity contribution is 5.96. The maximum atomic E-state index is 11.8. The molecule has 1 heterocycles. The topological polar surface area (TPSA) is 70.7 Å². The highest BCUT2D eigenvalue weighted by atomic mass is 16.2. The number of carbonyl (C=O) groups is 1. The van der Waals surface area contributed by atoms with E-state index in [1.54, 1.807) is 12.3 Å². The van der Waals surface area contributed by atoms with E-state index in [1.165, 1.54) is 11.1 Å². The predicted octanol–water partition coefficient (Wildman–Crippen LogP) is 2.65. The molecule has 0 spiro atoms. The summed E-state index contributed by atoms with van der Waals surface area (Å²) in [4.78, 5) is 18.8. The lowest BCUT2D eigenvalue weighted by atomic mass is 9.93. The summed E-state index contributed by atoms with van der Waals surface area (Å²) in [5, 5.41) is 2.88. The Bertz CT molecular complexity index is 813. The van der Waals surface area contributed by atoms with Crippen LogP contribution in [0.1, 0.15) is 30.0 Å². The van der Waals surface area contributed by atoms with E-state index in [2.05, 4.69) is 63.7 Å². The Morgan fingerprint density at radius 3 is 2.14 bits per heavy atom. The van der Waals surface area contributed by atoms with Gasteiger partial charge in [0.25, 0.3) is 5.91 Å². The Labute approximate surface area is 166 Å². The zero-order valence-corrected chi connectivity index (χ0v) is 15.9. The molecule has 1 amide bonds. The van der Waals surface area contributed by atoms with Crippen LogP contribution in [0, 0.1) is 0 Å². The van der Waals surface area contributed by atoms with Crippen molar-refractivity contribution < 1.29 is 4.79 Å². The van der Waals surface area contributed by atoms with Gasteiger partial charge in [-0.1, -0.05) is 60.7 Å². The molecular formula is C23H26N4O. The third-order valence-electron chi connectivity index (χ3n) is 5.21. The predicted molar refractivity (Wildman–Crippen MR) is 112 cm³/mol. The molecule has 5 heteroatoms. The van der Waals surface area contributed by atoms with E-state index >= 15 is 0 Å². The van der Waals surface area contributed by atoms with Crippen LogP contribution in [-0.2, 0) is 4.79 Å². The van der Waals surface area contributed by atoms with Crippen LogP contribution in [0.3, 0.4) is 0 Å². The van der Waals surface area contributed by atoms with E-state index in [0.717, 1.165) is 25.9 Å². The van der Waals surface area contributed by atoms with E-state index in [4.69, 9.17) is 5.73 Å². The number of likely N-dealkylation sites (tertiary alicyclic amines) is 1. The van der Waals surface area contributed by atoms with E-state index in [9.17, 15) is 4.79 Å². The fourth-order valence-electron chi connectivity index (χ4n) is 3.49. The first-order chi connectivity index (χ1) is 13.7. The molecule has 0 bridgehead atoms. The Balaban J connectivity index is 1.37. The molecule has 5 nitrogen and oxygen atoms in total. The van der Waals surface area contributed by atoms with Gasteiger partial charge in [-0.2, -0.15) is 0 Å². The van der Waals surface area contributed by atoms with Gasteiger partial charge >= 0.3 is 0 Å². The van der Waals surface area contributed by atoms with E-state index in [0.29, 0.717) is 6.04 Å². The highest BCUT2D eigenvalue weighted by Crippen LogP contribution is 2.32. The summed E-state index contributed by atoms with van der Waals surface area (Å²) < 4.78 is 0. The van der Waals surface area contributed by atoms with Crippen LogP contribution < -0.4 is 11.1 Å². The van der Waals surface area contributed by atoms with Crippen LogP contribution in [-0.4, -0.2) is 42.2 Å². The molecule has 0 atom stereocenters. The summed E-state index contributed by atoms with van der Waals surface area (Å²) in [6.07, 6.45) is 5.38. The molecule has 1 saturated carbocycles. The van der Waals surface area contributed by atoms with Crippen molar-refractivity contribution in [3.05, 3.63) is 83.6 Å². The Kier molecular flexibility index (Phi) is 5.53. The summed E-state index contributed by atoms with van der Waals surface area (Å²) in [6, 6.07) is 21.9. The second-order valence-electron chi connectivity index (χ2n) is 7.50. The van der Waals surface area contributed by atoms with Crippen LogP contribution in [0.5, 0.6) is 0 Å². The third kappa shape index (κ3) is 4.49. The van der Waals surface area contributed by atoms with Crippen molar-refractivity contribution in [3.8, 4) is 0 Å². The monoisotopic (exact) mass is 374 g/mol. The quantitative estimate of drug-likeness (QED) is 0.578. The number of aliphatic imine (C=N–C) groups is 1. The fraction of sp³-hybridized carbons (Fsp3) is 0.304. The van der Waals surface area contributed by atoms with Crippen molar-refractivity contribution in [2.45, 2.75) is 31.0 Å². The first kappa shape index (κ1) is 18.4. The van der Waals surface area contributed by atoms with Crippen molar-refractivity contribution in [2.75, 3.05) is 13.1 Å². The van der Waals surface area contributed by atoms with Crippen LogP contribution in [0.2, 0.25) is 0 Å². The maximum Gasteiger partial charge on any atom is 0.267 e. The van der Waals surface area contributed by atoms with Gasteiger partial charge in [0.15, 0.2) is 0 Å². The number of rotatable bonds is 7. The molecule has 1 aliphatic heterocycles. The summed E-state index contributed by atoms with van der Waals surface area (Å²) in [5.74, 6) is -0.197. The standard InChI is InChI=1S/C23H26N4O/c24-21(23(28)26-19-11-12-19)13-14-25-20-15-27(16-20)22(17-7-3-1-4-8-17)18-9-5-2-6-10-18/h1-10,13-14,19-20,22H,11-12,15-16,24H2,(H,26,28). The Hall–Kier alpha value is -2.92. The molecule has 0 unspecified atom stereocenters. The Morgan fingerprint density at radius 2 is 1.61 bits per heavy atom. The first-order valence-electron chi connectivity index (χ1n) is 9.84. The minimum atomic E-state index is -0.197. The van der Waals surface area contributed by atoms with Crippen molar-refractivity contribution in [2.24, 2.45) is 10.7 Å². The number of allylic oxidation sites excluding steroid dienone is 1. The van der Waals surface area contributed by atoms with Gasteiger partial charge in [0.05, 0.1) is 17.8 Å². The molecule has 28 heavy (non-hydrogen) atoms. The average molecular weight is 374 g/mol. The number of amides is 1. The lowest BCUT2D eigenvalue weighted by Crippen LogP contribution is -2.51. The Morgan fingerprint density at radius 1 is 1.04 bits per heavy atom. The van der Waals surface area contributed by atoms with E-state index in [-0.39, 0.29) is 23.7 Å². The van der Waals surface area contributed by atoms with Gasteiger partial charge in [-0.3, -0.25) is 14.7 Å². The third-order valence-corrected chi connectivity index (χ3v) is 5.21. The highest BCUT2D eigenvalue weighted by Gasteiger charge is 2.33. The van der Waals surface area contributed by atoms with Crippen LogP contribution in [0.4, 0.5) is 0 Å². The molecule has 2 aliphatic rings. The van der Waals surface area contributed by atoms with Gasteiger partial charge in [0, 0.05) is 25.3 Å². The SMILES string of the molecule is NC(=CC=NC1CN(C(c2ccccc2)c2ccccc2)C1)C(=O)NC1CC1. The molecular weight excluding hydrogens is 348 g/mol.